The summed E-state index contributed by atoms with van der Waals surface area (Å²) >= 11 is 0. The number of nitrogens with zero attached hydrogens (tertiary/aromatic N) is 4. The van der Waals surface area contributed by atoms with Gasteiger partial charge in [-0.2, -0.15) is 0 Å². The van der Waals surface area contributed by atoms with Crippen molar-refractivity contribution in [2.75, 3.05) is 24.5 Å². The lowest BCUT2D eigenvalue weighted by Gasteiger charge is -2.35. The van der Waals surface area contributed by atoms with Crippen molar-refractivity contribution in [3.05, 3.63) is 53.0 Å². The number of likely N-dealkylation sites (tertiary alicyclic amines) is 1. The van der Waals surface area contributed by atoms with Gasteiger partial charge in [0, 0.05) is 31.3 Å². The quantitative estimate of drug-likeness (QED) is 0.750. The lowest BCUT2D eigenvalue weighted by Crippen LogP contribution is -2.44. The third-order valence-electron chi connectivity index (χ3n) is 6.17. The summed E-state index contributed by atoms with van der Waals surface area (Å²) in [5, 5.41) is 2.59. The number of fused-ring (bicyclic) bond motifs is 1. The van der Waals surface area contributed by atoms with Gasteiger partial charge in [0.05, 0.1) is 19.0 Å². The molecule has 8 heteroatoms. The van der Waals surface area contributed by atoms with E-state index in [4.69, 9.17) is 9.97 Å². The molecule has 168 valence electrons. The highest BCUT2D eigenvalue weighted by molar-refractivity contribution is 6.00. The van der Waals surface area contributed by atoms with Crippen molar-refractivity contribution in [3.8, 4) is 0 Å². The van der Waals surface area contributed by atoms with Crippen molar-refractivity contribution < 1.29 is 14.4 Å². The maximum Gasteiger partial charge on any atom is 0.242 e. The number of hydrogen-bond donors (Lipinski definition) is 1. The second-order valence-electron chi connectivity index (χ2n) is 8.44. The van der Waals surface area contributed by atoms with Crippen molar-refractivity contribution in [1.29, 1.82) is 0 Å². The molecule has 0 radical (unpaired) electrons. The molecule has 1 fully saturated rings. The Morgan fingerprint density at radius 2 is 1.94 bits per heavy atom. The van der Waals surface area contributed by atoms with Crippen molar-refractivity contribution in [2.24, 2.45) is 0 Å². The highest BCUT2D eigenvalue weighted by atomic mass is 16.2. The monoisotopic (exact) mass is 435 g/mol. The van der Waals surface area contributed by atoms with Gasteiger partial charge in [0.1, 0.15) is 5.82 Å². The number of amides is 3. The van der Waals surface area contributed by atoms with E-state index in [1.807, 2.05) is 25.1 Å². The molecule has 1 aromatic carbocycles. The molecule has 8 nitrogen and oxygen atoms in total. The standard InChI is InChI=1S/C24H29N5O3/c1-16-19-14-21(31)29(13-11-18-8-4-3-5-9-18)24(19)27-23(26-16)20-10-6-7-12-28(20)22(32)15-25-17(2)30/h3-5,8-9,20H,6-7,10-15H2,1-2H3,(H,25,30). The number of aryl methyl sites for hydroxylation is 1. The molecule has 0 aliphatic carbocycles. The normalized spacial score (nSPS) is 17.9. The molecule has 3 heterocycles. The van der Waals surface area contributed by atoms with Crippen molar-refractivity contribution in [2.45, 2.75) is 52.0 Å². The average molecular weight is 436 g/mol. The second kappa shape index (κ2) is 9.46. The third kappa shape index (κ3) is 4.64. The fraction of sp³-hybridized carbons (Fsp3) is 0.458. The van der Waals surface area contributed by atoms with E-state index >= 15 is 0 Å². The van der Waals surface area contributed by atoms with Gasteiger partial charge in [0.25, 0.3) is 0 Å². The predicted octanol–water partition coefficient (Wildman–Crippen LogP) is 2.11. The number of piperidine rings is 1. The van der Waals surface area contributed by atoms with Crippen LogP contribution in [-0.4, -0.2) is 52.2 Å². The number of aromatic nitrogens is 2. The van der Waals surface area contributed by atoms with Crippen LogP contribution in [0.5, 0.6) is 0 Å². The minimum atomic E-state index is -0.249. The first kappa shape index (κ1) is 21.9. The number of carbonyl (C=O) groups excluding carboxylic acids is 3. The molecular weight excluding hydrogens is 406 g/mol. The molecule has 0 saturated carbocycles. The van der Waals surface area contributed by atoms with E-state index in [-0.39, 0.29) is 30.3 Å². The molecule has 4 rings (SSSR count). The molecule has 0 spiro atoms. The third-order valence-corrected chi connectivity index (χ3v) is 6.17. The molecule has 2 aliphatic rings. The number of anilines is 1. The Labute approximate surface area is 188 Å². The van der Waals surface area contributed by atoms with Gasteiger partial charge in [0.2, 0.25) is 17.7 Å². The van der Waals surface area contributed by atoms with Gasteiger partial charge in [-0.3, -0.25) is 19.3 Å². The van der Waals surface area contributed by atoms with E-state index in [2.05, 4.69) is 17.4 Å². The average Bonchev–Trinajstić information content (AvgIpc) is 3.12. The second-order valence-corrected chi connectivity index (χ2v) is 8.44. The van der Waals surface area contributed by atoms with Crippen LogP contribution in [0.4, 0.5) is 5.82 Å². The van der Waals surface area contributed by atoms with Crippen LogP contribution in [0.2, 0.25) is 0 Å². The molecule has 32 heavy (non-hydrogen) atoms. The fourth-order valence-electron chi connectivity index (χ4n) is 4.46. The molecule has 0 bridgehead atoms. The zero-order chi connectivity index (χ0) is 22.7. The van der Waals surface area contributed by atoms with E-state index in [0.29, 0.717) is 31.2 Å². The molecule has 1 aromatic heterocycles. The van der Waals surface area contributed by atoms with Crippen molar-refractivity contribution in [3.63, 3.8) is 0 Å². The minimum absolute atomic E-state index is 0.0303. The van der Waals surface area contributed by atoms with Crippen LogP contribution < -0.4 is 10.2 Å². The van der Waals surface area contributed by atoms with Crippen LogP contribution >= 0.6 is 0 Å². The molecule has 2 aliphatic heterocycles. The summed E-state index contributed by atoms with van der Waals surface area (Å²) in [6.45, 7) is 4.44. The minimum Gasteiger partial charge on any atom is -0.347 e. The highest BCUT2D eigenvalue weighted by Crippen LogP contribution is 2.34. The van der Waals surface area contributed by atoms with Crippen LogP contribution in [0.25, 0.3) is 0 Å². The number of carbonyl (C=O) groups is 3. The molecule has 1 N–H and O–H groups in total. The maximum absolute atomic E-state index is 12.8. The number of hydrogen-bond acceptors (Lipinski definition) is 5. The van der Waals surface area contributed by atoms with E-state index in [1.54, 1.807) is 9.80 Å². The van der Waals surface area contributed by atoms with Crippen LogP contribution in [0.15, 0.2) is 30.3 Å². The Hall–Kier alpha value is -3.29. The van der Waals surface area contributed by atoms with Crippen LogP contribution in [0.1, 0.15) is 54.9 Å². The molecular formula is C24H29N5O3. The number of nitrogens with one attached hydrogen (secondary N) is 1. The summed E-state index contributed by atoms with van der Waals surface area (Å²) in [4.78, 5) is 49.8. The van der Waals surface area contributed by atoms with Gasteiger partial charge >= 0.3 is 0 Å². The van der Waals surface area contributed by atoms with Crippen molar-refractivity contribution >= 4 is 23.5 Å². The Morgan fingerprint density at radius 3 is 2.69 bits per heavy atom. The number of rotatable bonds is 6. The first-order valence-corrected chi connectivity index (χ1v) is 11.2. The Balaban J connectivity index is 1.58. The summed E-state index contributed by atoms with van der Waals surface area (Å²) in [6.07, 6.45) is 3.71. The van der Waals surface area contributed by atoms with Gasteiger partial charge in [-0.05, 0) is 38.2 Å². The van der Waals surface area contributed by atoms with Gasteiger partial charge in [-0.25, -0.2) is 9.97 Å². The molecule has 1 unspecified atom stereocenters. The Morgan fingerprint density at radius 1 is 1.16 bits per heavy atom. The topological polar surface area (TPSA) is 95.5 Å². The van der Waals surface area contributed by atoms with Crippen LogP contribution in [0, 0.1) is 6.92 Å². The zero-order valence-electron chi connectivity index (χ0n) is 18.6. The van der Waals surface area contributed by atoms with Gasteiger partial charge < -0.3 is 10.2 Å². The lowest BCUT2D eigenvalue weighted by molar-refractivity contribution is -0.136. The zero-order valence-corrected chi connectivity index (χ0v) is 18.6. The summed E-state index contributed by atoms with van der Waals surface area (Å²) in [5.41, 5.74) is 2.83. The summed E-state index contributed by atoms with van der Waals surface area (Å²) < 4.78 is 0. The smallest absolute Gasteiger partial charge is 0.242 e. The van der Waals surface area contributed by atoms with Gasteiger partial charge in [0.15, 0.2) is 5.82 Å². The number of benzene rings is 1. The summed E-state index contributed by atoms with van der Waals surface area (Å²) in [7, 11) is 0. The van der Waals surface area contributed by atoms with Crippen molar-refractivity contribution in [1.82, 2.24) is 20.2 Å². The van der Waals surface area contributed by atoms with Crippen LogP contribution in [-0.2, 0) is 27.2 Å². The molecule has 1 saturated heterocycles. The fourth-order valence-corrected chi connectivity index (χ4v) is 4.46. The molecule has 1 atom stereocenters. The first-order valence-electron chi connectivity index (χ1n) is 11.2. The van der Waals surface area contributed by atoms with Gasteiger partial charge in [-0.1, -0.05) is 30.3 Å². The predicted molar refractivity (Wildman–Crippen MR) is 120 cm³/mol. The van der Waals surface area contributed by atoms with E-state index in [0.717, 1.165) is 36.9 Å². The van der Waals surface area contributed by atoms with E-state index in [9.17, 15) is 14.4 Å². The highest BCUT2D eigenvalue weighted by Gasteiger charge is 2.35. The largest absolute Gasteiger partial charge is 0.347 e. The van der Waals surface area contributed by atoms with E-state index < -0.39 is 0 Å². The maximum atomic E-state index is 12.8. The molecule has 3 amide bonds. The van der Waals surface area contributed by atoms with Crippen LogP contribution in [0.3, 0.4) is 0 Å². The summed E-state index contributed by atoms with van der Waals surface area (Å²) in [5.74, 6) is 0.922. The Kier molecular flexibility index (Phi) is 6.48. The van der Waals surface area contributed by atoms with E-state index in [1.165, 1.54) is 12.5 Å². The lowest BCUT2D eigenvalue weighted by atomic mass is 10.0. The van der Waals surface area contributed by atoms with Gasteiger partial charge in [-0.15, -0.1) is 0 Å². The molecule has 2 aromatic rings. The Bertz CT molecular complexity index is 1020. The first-order chi connectivity index (χ1) is 15.4. The summed E-state index contributed by atoms with van der Waals surface area (Å²) in [6, 6.07) is 9.83. The SMILES string of the molecule is CC(=O)NCC(=O)N1CCCCC1c1nc(C)c2c(n1)N(CCc1ccccc1)C(=O)C2.